The molecule has 3 rings (SSSR count). The Morgan fingerprint density at radius 2 is 1.92 bits per heavy atom. The Morgan fingerprint density at radius 3 is 2.58 bits per heavy atom. The summed E-state index contributed by atoms with van der Waals surface area (Å²) in [7, 11) is -1.33. The van der Waals surface area contributed by atoms with Gasteiger partial charge in [-0.15, -0.1) is 0 Å². The van der Waals surface area contributed by atoms with Gasteiger partial charge in [-0.3, -0.25) is 4.79 Å². The minimum absolute atomic E-state index is 0.0129. The summed E-state index contributed by atoms with van der Waals surface area (Å²) >= 11 is 0. The number of nitrogens with zero attached hydrogens (tertiary/aromatic N) is 1. The molecule has 2 fully saturated rings. The van der Waals surface area contributed by atoms with E-state index in [1.54, 1.807) is 11.9 Å². The predicted octanol–water partition coefficient (Wildman–Crippen LogP) is 2.91. The van der Waals surface area contributed by atoms with Gasteiger partial charge in [0.2, 0.25) is 5.91 Å². The van der Waals surface area contributed by atoms with E-state index in [4.69, 9.17) is 0 Å². The van der Waals surface area contributed by atoms with Crippen LogP contribution in [0.4, 0.5) is 0 Å². The first-order chi connectivity index (χ1) is 11.3. The van der Waals surface area contributed by atoms with Gasteiger partial charge >= 0.3 is 0 Å². The van der Waals surface area contributed by atoms with Crippen LogP contribution < -0.4 is 0 Å². The Morgan fingerprint density at radius 1 is 1.21 bits per heavy atom. The molecular formula is C19H27NO3S. The summed E-state index contributed by atoms with van der Waals surface area (Å²) in [6.07, 6.45) is 5.59. The summed E-state index contributed by atoms with van der Waals surface area (Å²) in [4.78, 5) is 14.6. The number of amides is 1. The maximum absolute atomic E-state index is 12.9. The quantitative estimate of drug-likeness (QED) is 0.840. The van der Waals surface area contributed by atoms with Crippen molar-refractivity contribution in [3.05, 3.63) is 35.4 Å². The number of hydrogen-bond donors (Lipinski definition) is 0. The summed E-state index contributed by atoms with van der Waals surface area (Å²) in [5, 5.41) is -0.406. The third-order valence-corrected chi connectivity index (χ3v) is 7.29. The zero-order valence-electron chi connectivity index (χ0n) is 14.7. The monoisotopic (exact) mass is 349 g/mol. The van der Waals surface area contributed by atoms with Crippen molar-refractivity contribution in [3.63, 3.8) is 0 Å². The Labute approximate surface area is 145 Å². The first-order valence-corrected chi connectivity index (χ1v) is 10.8. The van der Waals surface area contributed by atoms with Gasteiger partial charge in [-0.2, -0.15) is 0 Å². The molecule has 0 bridgehead atoms. The van der Waals surface area contributed by atoms with Gasteiger partial charge in [0.1, 0.15) is 0 Å². The van der Waals surface area contributed by atoms with Gasteiger partial charge in [0.05, 0.1) is 5.25 Å². The van der Waals surface area contributed by atoms with Gasteiger partial charge in [-0.05, 0) is 37.7 Å². The van der Waals surface area contributed by atoms with Crippen LogP contribution in [0.1, 0.15) is 49.1 Å². The summed E-state index contributed by atoms with van der Waals surface area (Å²) in [6.45, 7) is 2.06. The number of carbonyl (C=O) groups is 1. The maximum Gasteiger partial charge on any atom is 0.226 e. The van der Waals surface area contributed by atoms with Gasteiger partial charge < -0.3 is 4.90 Å². The van der Waals surface area contributed by atoms with Crippen LogP contribution in [0.3, 0.4) is 0 Å². The van der Waals surface area contributed by atoms with Crippen LogP contribution in [0.15, 0.2) is 24.3 Å². The average molecular weight is 349 g/mol. The molecule has 0 N–H and O–H groups in total. The highest BCUT2D eigenvalue weighted by atomic mass is 32.2. The van der Waals surface area contributed by atoms with Crippen molar-refractivity contribution in [3.8, 4) is 0 Å². The van der Waals surface area contributed by atoms with Crippen LogP contribution in [0.2, 0.25) is 0 Å². The zero-order chi connectivity index (χ0) is 17.5. The average Bonchev–Trinajstić information content (AvgIpc) is 3.33. The van der Waals surface area contributed by atoms with Gasteiger partial charge in [-0.1, -0.05) is 42.7 Å². The molecule has 0 aromatic heterocycles. The van der Waals surface area contributed by atoms with E-state index in [1.165, 1.54) is 17.4 Å². The van der Waals surface area contributed by atoms with E-state index in [0.717, 1.165) is 25.7 Å². The highest BCUT2D eigenvalue weighted by Crippen LogP contribution is 2.49. The fourth-order valence-electron chi connectivity index (χ4n) is 4.18. The molecule has 0 heterocycles. The van der Waals surface area contributed by atoms with Gasteiger partial charge in [0, 0.05) is 25.3 Å². The second kappa shape index (κ2) is 6.51. The summed E-state index contributed by atoms with van der Waals surface area (Å²) < 4.78 is 24.2. The molecule has 5 heteroatoms. The highest BCUT2D eigenvalue weighted by Gasteiger charge is 2.47. The lowest BCUT2D eigenvalue weighted by Gasteiger charge is -2.37. The van der Waals surface area contributed by atoms with E-state index in [0.29, 0.717) is 12.3 Å². The molecule has 0 saturated heterocycles. The number of hydrogen-bond acceptors (Lipinski definition) is 3. The van der Waals surface area contributed by atoms with Gasteiger partial charge in [-0.25, -0.2) is 8.42 Å². The first kappa shape index (κ1) is 17.5. The first-order valence-electron chi connectivity index (χ1n) is 8.81. The minimum Gasteiger partial charge on any atom is -0.341 e. The van der Waals surface area contributed by atoms with Gasteiger partial charge in [0.15, 0.2) is 9.84 Å². The van der Waals surface area contributed by atoms with Crippen molar-refractivity contribution in [1.29, 1.82) is 0 Å². The maximum atomic E-state index is 12.9. The van der Waals surface area contributed by atoms with Gasteiger partial charge in [0.25, 0.3) is 0 Å². The van der Waals surface area contributed by atoms with E-state index < -0.39 is 15.1 Å². The largest absolute Gasteiger partial charge is 0.341 e. The van der Waals surface area contributed by atoms with Crippen molar-refractivity contribution < 1.29 is 13.2 Å². The molecule has 1 aromatic carbocycles. The zero-order valence-corrected chi connectivity index (χ0v) is 15.6. The van der Waals surface area contributed by atoms with E-state index in [9.17, 15) is 13.2 Å². The van der Waals surface area contributed by atoms with E-state index >= 15 is 0 Å². The molecule has 0 spiro atoms. The molecular weight excluding hydrogens is 322 g/mol. The molecule has 132 valence electrons. The lowest BCUT2D eigenvalue weighted by molar-refractivity contribution is -0.133. The fraction of sp³-hybridized carbons (Fsp3) is 0.632. The van der Waals surface area contributed by atoms with E-state index in [1.807, 2.05) is 6.07 Å². The molecule has 2 aliphatic rings. The minimum atomic E-state index is -3.12. The highest BCUT2D eigenvalue weighted by molar-refractivity contribution is 7.91. The van der Waals surface area contributed by atoms with Crippen molar-refractivity contribution in [2.75, 3.05) is 13.3 Å². The molecule has 4 nitrogen and oxygen atoms in total. The second-order valence-corrected chi connectivity index (χ2v) is 9.80. The Kier molecular flexibility index (Phi) is 4.73. The van der Waals surface area contributed by atoms with Crippen molar-refractivity contribution in [2.24, 2.45) is 5.92 Å². The molecule has 0 aliphatic heterocycles. The lowest BCUT2D eigenvalue weighted by atomic mass is 9.93. The molecule has 2 aliphatic carbocycles. The summed E-state index contributed by atoms with van der Waals surface area (Å²) in [5.41, 5.74) is 2.44. The summed E-state index contributed by atoms with van der Waals surface area (Å²) in [5.74, 6) is 0.418. The van der Waals surface area contributed by atoms with Crippen molar-refractivity contribution in [2.45, 2.75) is 56.2 Å². The van der Waals surface area contributed by atoms with Crippen LogP contribution in [0, 0.1) is 12.8 Å². The van der Waals surface area contributed by atoms with Crippen molar-refractivity contribution >= 4 is 15.7 Å². The number of benzene rings is 1. The van der Waals surface area contributed by atoms with Crippen LogP contribution in [0.5, 0.6) is 0 Å². The molecule has 0 unspecified atom stereocenters. The number of aryl methyl sites for hydroxylation is 1. The standard InChI is InChI=1S/C19H27NO3S/c1-13-7-6-8-14(11-13)15-12-16(15)19(21)20(2)17-9-4-5-10-18(17)24(3,22)23/h6-8,11,15-18H,4-5,9-10,12H2,1-3H3/t15-,16-,17-,18+/m0/s1. The number of rotatable bonds is 4. The molecule has 24 heavy (non-hydrogen) atoms. The van der Waals surface area contributed by atoms with Crippen LogP contribution in [-0.4, -0.2) is 43.8 Å². The Hall–Kier alpha value is -1.36. The van der Waals surface area contributed by atoms with Crippen LogP contribution in [0.25, 0.3) is 0 Å². The third-order valence-electron chi connectivity index (χ3n) is 5.64. The van der Waals surface area contributed by atoms with E-state index in [2.05, 4.69) is 25.1 Å². The summed E-state index contributed by atoms with van der Waals surface area (Å²) in [6, 6.07) is 8.17. The predicted molar refractivity (Wildman–Crippen MR) is 95.7 cm³/mol. The Balaban J connectivity index is 1.71. The Bertz CT molecular complexity index is 728. The molecule has 0 radical (unpaired) electrons. The lowest BCUT2D eigenvalue weighted by Crippen LogP contribution is -2.49. The smallest absolute Gasteiger partial charge is 0.226 e. The fourth-order valence-corrected chi connectivity index (χ4v) is 5.67. The third kappa shape index (κ3) is 3.51. The van der Waals surface area contributed by atoms with E-state index in [-0.39, 0.29) is 17.9 Å². The number of carbonyl (C=O) groups excluding carboxylic acids is 1. The van der Waals surface area contributed by atoms with Crippen molar-refractivity contribution in [1.82, 2.24) is 4.90 Å². The molecule has 4 atom stereocenters. The molecule has 2 saturated carbocycles. The normalized spacial score (nSPS) is 30.0. The van der Waals surface area contributed by atoms with Crippen LogP contribution in [-0.2, 0) is 14.6 Å². The number of sulfone groups is 1. The second-order valence-electron chi connectivity index (χ2n) is 7.53. The molecule has 1 amide bonds. The SMILES string of the molecule is Cc1cccc([C@@H]2C[C@@H]2C(=O)N(C)[C@H]2CCCC[C@H]2S(C)(=O)=O)c1. The molecule has 1 aromatic rings. The topological polar surface area (TPSA) is 54.5 Å². The van der Waals surface area contributed by atoms with Crippen LogP contribution >= 0.6 is 0 Å².